The van der Waals surface area contributed by atoms with Gasteiger partial charge in [0, 0.05) is 11.5 Å². The molecule has 0 radical (unpaired) electrons. The molecule has 0 aliphatic heterocycles. The molecule has 7 heteroatoms. The molecule has 0 spiro atoms. The second-order valence-corrected chi connectivity index (χ2v) is 7.96. The molecule has 0 saturated carbocycles. The summed E-state index contributed by atoms with van der Waals surface area (Å²) in [6.45, 7) is 0. The Morgan fingerprint density at radius 2 is 1.86 bits per heavy atom. The Morgan fingerprint density at radius 1 is 1.14 bits per heavy atom. The maximum atomic E-state index is 12.3. The van der Waals surface area contributed by atoms with Gasteiger partial charge in [-0.3, -0.25) is 0 Å². The lowest BCUT2D eigenvalue weighted by Crippen LogP contribution is -2.13. The summed E-state index contributed by atoms with van der Waals surface area (Å²) in [6, 6.07) is 14.0. The van der Waals surface area contributed by atoms with Gasteiger partial charge in [-0.15, -0.1) is 4.40 Å². The van der Waals surface area contributed by atoms with Crippen LogP contribution in [-0.4, -0.2) is 13.0 Å². The molecule has 3 rings (SSSR count). The van der Waals surface area contributed by atoms with E-state index in [0.29, 0.717) is 4.80 Å². The first-order valence-electron chi connectivity index (χ1n) is 6.08. The lowest BCUT2D eigenvalue weighted by Gasteiger charge is -1.98. The van der Waals surface area contributed by atoms with Crippen LogP contribution < -0.4 is 4.80 Å². The fraction of sp³-hybridized carbons (Fsp3) is 0.0714. The molecular formula is C14H11BrN2O2S2. The third-order valence-corrected chi connectivity index (χ3v) is 6.00. The molecule has 1 heterocycles. The van der Waals surface area contributed by atoms with Crippen LogP contribution >= 0.6 is 27.3 Å². The third-order valence-electron chi connectivity index (χ3n) is 3.01. The van der Waals surface area contributed by atoms with Gasteiger partial charge in [-0.1, -0.05) is 45.5 Å². The van der Waals surface area contributed by atoms with Crippen LogP contribution in [0.15, 0.2) is 62.3 Å². The molecule has 3 aromatic rings. The van der Waals surface area contributed by atoms with Gasteiger partial charge < -0.3 is 4.57 Å². The van der Waals surface area contributed by atoms with Crippen LogP contribution in [0.1, 0.15) is 0 Å². The van der Waals surface area contributed by atoms with E-state index in [-0.39, 0.29) is 4.90 Å². The van der Waals surface area contributed by atoms with Crippen LogP contribution in [0.4, 0.5) is 0 Å². The van der Waals surface area contributed by atoms with Crippen molar-refractivity contribution in [2.75, 3.05) is 0 Å². The van der Waals surface area contributed by atoms with Gasteiger partial charge >= 0.3 is 0 Å². The Labute approximate surface area is 134 Å². The van der Waals surface area contributed by atoms with Gasteiger partial charge in [-0.05, 0) is 30.3 Å². The van der Waals surface area contributed by atoms with E-state index < -0.39 is 10.0 Å². The fourth-order valence-electron chi connectivity index (χ4n) is 1.94. The van der Waals surface area contributed by atoms with Gasteiger partial charge in [0.05, 0.1) is 15.1 Å². The maximum Gasteiger partial charge on any atom is 0.285 e. The summed E-state index contributed by atoms with van der Waals surface area (Å²) in [5.74, 6) is 0. The summed E-state index contributed by atoms with van der Waals surface area (Å²) in [7, 11) is -1.88. The van der Waals surface area contributed by atoms with Crippen LogP contribution in [0.3, 0.4) is 0 Å². The highest BCUT2D eigenvalue weighted by Gasteiger charge is 2.13. The number of nitrogens with zero attached hydrogens (tertiary/aromatic N) is 2. The van der Waals surface area contributed by atoms with Crippen molar-refractivity contribution in [2.24, 2.45) is 11.4 Å². The summed E-state index contributed by atoms with van der Waals surface area (Å²) in [6.07, 6.45) is 0. The van der Waals surface area contributed by atoms with Gasteiger partial charge in [0.2, 0.25) is 4.80 Å². The number of benzene rings is 2. The predicted molar refractivity (Wildman–Crippen MR) is 87.7 cm³/mol. The second-order valence-electron chi connectivity index (χ2n) is 4.44. The van der Waals surface area contributed by atoms with Crippen LogP contribution in [0.5, 0.6) is 0 Å². The Hall–Kier alpha value is -1.44. The molecule has 0 N–H and O–H groups in total. The predicted octanol–water partition coefficient (Wildman–Crippen LogP) is 3.29. The van der Waals surface area contributed by atoms with Crippen LogP contribution in [-0.2, 0) is 17.1 Å². The van der Waals surface area contributed by atoms with Gasteiger partial charge in [0.15, 0.2) is 0 Å². The van der Waals surface area contributed by atoms with Crippen molar-refractivity contribution in [2.45, 2.75) is 4.90 Å². The molecular weight excluding hydrogens is 372 g/mol. The first kappa shape index (κ1) is 14.5. The number of hydrogen-bond acceptors (Lipinski definition) is 3. The molecule has 0 unspecified atom stereocenters. The number of aromatic nitrogens is 1. The highest BCUT2D eigenvalue weighted by molar-refractivity contribution is 9.10. The number of rotatable bonds is 2. The minimum atomic E-state index is -3.69. The van der Waals surface area contributed by atoms with Crippen molar-refractivity contribution >= 4 is 47.5 Å². The number of hydrogen-bond donors (Lipinski definition) is 0. The molecule has 2 aromatic carbocycles. The number of halogens is 1. The van der Waals surface area contributed by atoms with Gasteiger partial charge in [0.25, 0.3) is 10.0 Å². The van der Waals surface area contributed by atoms with E-state index in [2.05, 4.69) is 20.3 Å². The summed E-state index contributed by atoms with van der Waals surface area (Å²) >= 11 is 4.76. The molecule has 4 nitrogen and oxygen atoms in total. The zero-order chi connectivity index (χ0) is 15.0. The molecule has 1 aromatic heterocycles. The Balaban J connectivity index is 2.23. The van der Waals surface area contributed by atoms with Gasteiger partial charge in [-0.2, -0.15) is 8.42 Å². The monoisotopic (exact) mass is 382 g/mol. The summed E-state index contributed by atoms with van der Waals surface area (Å²) in [5, 5.41) is 0. The smallest absolute Gasteiger partial charge is 0.285 e. The van der Waals surface area contributed by atoms with Crippen molar-refractivity contribution in [3.05, 3.63) is 57.8 Å². The van der Waals surface area contributed by atoms with Crippen LogP contribution in [0, 0.1) is 0 Å². The number of sulfonamides is 1. The number of thiazole rings is 1. The average molecular weight is 383 g/mol. The van der Waals surface area contributed by atoms with Gasteiger partial charge in [0.1, 0.15) is 0 Å². The van der Waals surface area contributed by atoms with E-state index in [9.17, 15) is 8.42 Å². The first-order chi connectivity index (χ1) is 9.97. The van der Waals surface area contributed by atoms with Crippen LogP contribution in [0.2, 0.25) is 0 Å². The van der Waals surface area contributed by atoms with Crippen molar-refractivity contribution < 1.29 is 8.42 Å². The lowest BCUT2D eigenvalue weighted by molar-refractivity contribution is 0.596. The van der Waals surface area contributed by atoms with Crippen molar-refractivity contribution in [3.8, 4) is 0 Å². The van der Waals surface area contributed by atoms with E-state index in [0.717, 1.165) is 14.7 Å². The molecule has 0 atom stereocenters. The topological polar surface area (TPSA) is 51.4 Å². The minimum absolute atomic E-state index is 0.198. The van der Waals surface area contributed by atoms with E-state index in [1.54, 1.807) is 34.9 Å². The zero-order valence-corrected chi connectivity index (χ0v) is 14.2. The Morgan fingerprint density at radius 3 is 2.57 bits per heavy atom. The van der Waals surface area contributed by atoms with E-state index in [4.69, 9.17) is 0 Å². The van der Waals surface area contributed by atoms with E-state index in [1.165, 1.54) is 11.3 Å². The standard InChI is InChI=1S/C14H11BrN2O2S2/c1-17-12-8-7-10(15)9-13(12)20-14(17)16-21(18,19)11-5-3-2-4-6-11/h2-9H,1H3. The molecule has 0 bridgehead atoms. The maximum absolute atomic E-state index is 12.3. The normalized spacial score (nSPS) is 13.0. The summed E-state index contributed by atoms with van der Waals surface area (Å²) in [4.78, 5) is 0.649. The van der Waals surface area contributed by atoms with Crippen molar-refractivity contribution in [3.63, 3.8) is 0 Å². The van der Waals surface area contributed by atoms with Crippen LogP contribution in [0.25, 0.3) is 10.2 Å². The highest BCUT2D eigenvalue weighted by Crippen LogP contribution is 2.22. The number of fused-ring (bicyclic) bond motifs is 1. The fourth-order valence-corrected chi connectivity index (χ4v) is 4.76. The summed E-state index contributed by atoms with van der Waals surface area (Å²) < 4.78 is 32.3. The molecule has 21 heavy (non-hydrogen) atoms. The highest BCUT2D eigenvalue weighted by atomic mass is 79.9. The molecule has 0 aliphatic rings. The second kappa shape index (κ2) is 5.40. The molecule has 0 fully saturated rings. The van der Waals surface area contributed by atoms with Crippen molar-refractivity contribution in [1.82, 2.24) is 4.57 Å². The first-order valence-corrected chi connectivity index (χ1v) is 9.13. The summed E-state index contributed by atoms with van der Waals surface area (Å²) in [5.41, 5.74) is 0.949. The molecule has 108 valence electrons. The number of aryl methyl sites for hydroxylation is 1. The molecule has 0 amide bonds. The van der Waals surface area contributed by atoms with Crippen molar-refractivity contribution in [1.29, 1.82) is 0 Å². The largest absolute Gasteiger partial charge is 0.319 e. The van der Waals surface area contributed by atoms with Gasteiger partial charge in [-0.25, -0.2) is 0 Å². The Kier molecular flexibility index (Phi) is 3.73. The Bertz CT molecular complexity index is 973. The quantitative estimate of drug-likeness (QED) is 0.682. The SMILES string of the molecule is Cn1c(=NS(=O)(=O)c2ccccc2)sc2cc(Br)ccc21. The average Bonchev–Trinajstić information content (AvgIpc) is 2.75. The molecule has 0 aliphatic carbocycles. The lowest BCUT2D eigenvalue weighted by atomic mass is 10.3. The zero-order valence-electron chi connectivity index (χ0n) is 11.0. The van der Waals surface area contributed by atoms with E-state index >= 15 is 0 Å². The van der Waals surface area contributed by atoms with E-state index in [1.807, 2.05) is 25.2 Å². The third kappa shape index (κ3) is 2.81. The molecule has 0 saturated heterocycles. The minimum Gasteiger partial charge on any atom is -0.319 e.